The van der Waals surface area contributed by atoms with Gasteiger partial charge in [0.05, 0.1) is 18.6 Å². The molecule has 0 unspecified atom stereocenters. The SMILES string of the molecule is CCCc1cc(-c2nnc(SCC(=O)Nc3cc(Cl)ccc3OC)n2C)cs1. The molecule has 1 N–H and O–H groups in total. The van der Waals surface area contributed by atoms with Crippen molar-refractivity contribution in [3.63, 3.8) is 0 Å². The summed E-state index contributed by atoms with van der Waals surface area (Å²) in [5.41, 5.74) is 1.60. The Labute approximate surface area is 177 Å². The van der Waals surface area contributed by atoms with Crippen molar-refractivity contribution >= 4 is 46.3 Å². The summed E-state index contributed by atoms with van der Waals surface area (Å²) in [4.78, 5) is 13.7. The standard InChI is InChI=1S/C19H21ClN4O2S2/c1-4-5-14-8-12(10-27-14)18-22-23-19(24(18)2)28-11-17(25)21-15-9-13(20)6-7-16(15)26-3/h6-10H,4-5,11H2,1-3H3,(H,21,25). The van der Waals surface area contributed by atoms with E-state index in [9.17, 15) is 4.79 Å². The fraction of sp³-hybridized carbons (Fsp3) is 0.316. The van der Waals surface area contributed by atoms with E-state index < -0.39 is 0 Å². The van der Waals surface area contributed by atoms with Gasteiger partial charge in [0.2, 0.25) is 5.91 Å². The molecule has 0 radical (unpaired) electrons. The molecule has 1 amide bonds. The average Bonchev–Trinajstić information content (AvgIpc) is 3.27. The number of amides is 1. The number of hydrogen-bond donors (Lipinski definition) is 1. The maximum Gasteiger partial charge on any atom is 0.234 e. The fourth-order valence-corrected chi connectivity index (χ4v) is 4.51. The Morgan fingerprint density at radius 1 is 1.36 bits per heavy atom. The molecule has 6 nitrogen and oxygen atoms in total. The largest absolute Gasteiger partial charge is 0.495 e. The van der Waals surface area contributed by atoms with Crippen LogP contribution in [0, 0.1) is 0 Å². The molecule has 9 heteroatoms. The van der Waals surface area contributed by atoms with Crippen LogP contribution >= 0.6 is 34.7 Å². The molecule has 2 heterocycles. The van der Waals surface area contributed by atoms with E-state index in [2.05, 4.69) is 33.9 Å². The number of methoxy groups -OCH3 is 1. The zero-order valence-corrected chi connectivity index (χ0v) is 18.2. The molecule has 0 aliphatic carbocycles. The van der Waals surface area contributed by atoms with Gasteiger partial charge in [-0.2, -0.15) is 0 Å². The van der Waals surface area contributed by atoms with E-state index in [1.807, 2.05) is 11.6 Å². The number of benzene rings is 1. The molecule has 0 aliphatic rings. The Hall–Kier alpha value is -2.03. The molecule has 0 bridgehead atoms. The van der Waals surface area contributed by atoms with Crippen molar-refractivity contribution in [1.82, 2.24) is 14.8 Å². The second-order valence-corrected chi connectivity index (χ2v) is 8.47. The van der Waals surface area contributed by atoms with Gasteiger partial charge in [0.15, 0.2) is 11.0 Å². The predicted molar refractivity (Wildman–Crippen MR) is 116 cm³/mol. The Balaban J connectivity index is 1.64. The third kappa shape index (κ3) is 4.87. The summed E-state index contributed by atoms with van der Waals surface area (Å²) in [5.74, 6) is 1.39. The summed E-state index contributed by atoms with van der Waals surface area (Å²) in [5, 5.41) is 14.7. The minimum Gasteiger partial charge on any atom is -0.495 e. The number of nitrogens with one attached hydrogen (secondary N) is 1. The van der Waals surface area contributed by atoms with Crippen molar-refractivity contribution in [2.75, 3.05) is 18.2 Å². The lowest BCUT2D eigenvalue weighted by Crippen LogP contribution is -2.15. The summed E-state index contributed by atoms with van der Waals surface area (Å²) in [6, 6.07) is 7.24. The highest BCUT2D eigenvalue weighted by Crippen LogP contribution is 2.29. The van der Waals surface area contributed by atoms with Crippen molar-refractivity contribution in [2.24, 2.45) is 7.05 Å². The Morgan fingerprint density at radius 2 is 2.18 bits per heavy atom. The van der Waals surface area contributed by atoms with E-state index in [0.29, 0.717) is 21.6 Å². The number of carbonyl (C=O) groups excluding carboxylic acids is 1. The van der Waals surface area contributed by atoms with Crippen LogP contribution in [0.15, 0.2) is 34.8 Å². The maximum absolute atomic E-state index is 12.3. The van der Waals surface area contributed by atoms with Gasteiger partial charge in [-0.25, -0.2) is 0 Å². The molecule has 1 aromatic carbocycles. The van der Waals surface area contributed by atoms with Gasteiger partial charge >= 0.3 is 0 Å². The lowest BCUT2D eigenvalue weighted by Gasteiger charge is -2.10. The Kier molecular flexibility index (Phi) is 6.98. The second kappa shape index (κ2) is 9.45. The number of thiophene rings is 1. The fourth-order valence-electron chi connectivity index (χ4n) is 2.66. The molecule has 0 spiro atoms. The van der Waals surface area contributed by atoms with E-state index in [0.717, 1.165) is 24.2 Å². The van der Waals surface area contributed by atoms with Crippen LogP contribution in [-0.2, 0) is 18.3 Å². The Morgan fingerprint density at radius 3 is 2.93 bits per heavy atom. The van der Waals surface area contributed by atoms with Crippen molar-refractivity contribution in [2.45, 2.75) is 24.9 Å². The van der Waals surface area contributed by atoms with E-state index in [4.69, 9.17) is 16.3 Å². The lowest BCUT2D eigenvalue weighted by molar-refractivity contribution is -0.113. The number of halogens is 1. The molecule has 3 aromatic rings. The zero-order valence-electron chi connectivity index (χ0n) is 15.9. The van der Waals surface area contributed by atoms with Crippen LogP contribution in [-0.4, -0.2) is 33.5 Å². The molecule has 0 aliphatic heterocycles. The van der Waals surface area contributed by atoms with Crippen LogP contribution in [0.3, 0.4) is 0 Å². The molecule has 0 fully saturated rings. The number of nitrogens with zero attached hydrogens (tertiary/aromatic N) is 3. The van der Waals surface area contributed by atoms with E-state index in [1.165, 1.54) is 16.6 Å². The van der Waals surface area contributed by atoms with Crippen LogP contribution < -0.4 is 10.1 Å². The number of aryl methyl sites for hydroxylation is 1. The van der Waals surface area contributed by atoms with E-state index in [-0.39, 0.29) is 11.7 Å². The Bertz CT molecular complexity index is 971. The van der Waals surface area contributed by atoms with Gasteiger partial charge < -0.3 is 14.6 Å². The normalized spacial score (nSPS) is 10.9. The predicted octanol–water partition coefficient (Wildman–Crippen LogP) is 4.89. The summed E-state index contributed by atoms with van der Waals surface area (Å²) in [7, 11) is 3.46. The number of hydrogen-bond acceptors (Lipinski definition) is 6. The summed E-state index contributed by atoms with van der Waals surface area (Å²) in [6.45, 7) is 2.17. The number of thioether (sulfide) groups is 1. The molecule has 0 atom stereocenters. The molecule has 0 saturated heterocycles. The third-order valence-corrected chi connectivity index (χ3v) is 6.26. The van der Waals surface area contributed by atoms with Crippen LogP contribution in [0.1, 0.15) is 18.2 Å². The third-order valence-electron chi connectivity index (χ3n) is 4.01. The molecule has 2 aromatic heterocycles. The first-order chi connectivity index (χ1) is 13.5. The van der Waals surface area contributed by atoms with E-state index in [1.54, 1.807) is 36.6 Å². The molecular weight excluding hydrogens is 416 g/mol. The zero-order chi connectivity index (χ0) is 20.1. The molecular formula is C19H21ClN4O2S2. The smallest absolute Gasteiger partial charge is 0.234 e. The second-order valence-electron chi connectivity index (χ2n) is 6.10. The topological polar surface area (TPSA) is 69.0 Å². The maximum atomic E-state index is 12.3. The first-order valence-corrected chi connectivity index (χ1v) is 11.0. The van der Waals surface area contributed by atoms with Gasteiger partial charge in [0.25, 0.3) is 0 Å². The van der Waals surface area contributed by atoms with Crippen LogP contribution in [0.2, 0.25) is 5.02 Å². The van der Waals surface area contributed by atoms with Crippen molar-refractivity contribution in [3.05, 3.63) is 39.5 Å². The van der Waals surface area contributed by atoms with Gasteiger partial charge in [-0.15, -0.1) is 21.5 Å². The highest BCUT2D eigenvalue weighted by molar-refractivity contribution is 7.99. The summed E-state index contributed by atoms with van der Waals surface area (Å²) < 4.78 is 7.16. The monoisotopic (exact) mass is 436 g/mol. The van der Waals surface area contributed by atoms with Crippen LogP contribution in [0.4, 0.5) is 5.69 Å². The van der Waals surface area contributed by atoms with Gasteiger partial charge in [0, 0.05) is 27.9 Å². The highest BCUT2D eigenvalue weighted by Gasteiger charge is 2.15. The van der Waals surface area contributed by atoms with Gasteiger partial charge in [0.1, 0.15) is 5.75 Å². The molecule has 0 saturated carbocycles. The summed E-state index contributed by atoms with van der Waals surface area (Å²) >= 11 is 9.07. The number of aromatic nitrogens is 3. The number of anilines is 1. The average molecular weight is 437 g/mol. The van der Waals surface area contributed by atoms with Crippen molar-refractivity contribution < 1.29 is 9.53 Å². The number of rotatable bonds is 8. The summed E-state index contributed by atoms with van der Waals surface area (Å²) in [6.07, 6.45) is 2.18. The van der Waals surface area contributed by atoms with Crippen molar-refractivity contribution in [1.29, 1.82) is 0 Å². The lowest BCUT2D eigenvalue weighted by atomic mass is 10.2. The van der Waals surface area contributed by atoms with Crippen LogP contribution in [0.25, 0.3) is 11.4 Å². The minimum atomic E-state index is -0.170. The van der Waals surface area contributed by atoms with Crippen LogP contribution in [0.5, 0.6) is 5.75 Å². The quantitative estimate of drug-likeness (QED) is 0.509. The van der Waals surface area contributed by atoms with E-state index >= 15 is 0 Å². The first-order valence-electron chi connectivity index (χ1n) is 8.75. The van der Waals surface area contributed by atoms with Gasteiger partial charge in [-0.05, 0) is 30.7 Å². The highest BCUT2D eigenvalue weighted by atomic mass is 35.5. The number of carbonyl (C=O) groups is 1. The molecule has 28 heavy (non-hydrogen) atoms. The number of ether oxygens (including phenoxy) is 1. The van der Waals surface area contributed by atoms with Gasteiger partial charge in [-0.1, -0.05) is 36.7 Å². The molecule has 3 rings (SSSR count). The first kappa shape index (κ1) is 20.7. The van der Waals surface area contributed by atoms with Crippen molar-refractivity contribution in [3.8, 4) is 17.1 Å². The van der Waals surface area contributed by atoms with Gasteiger partial charge in [-0.3, -0.25) is 4.79 Å². The minimum absolute atomic E-state index is 0.170. The molecule has 148 valence electrons.